The summed E-state index contributed by atoms with van der Waals surface area (Å²) in [6.45, 7) is 0. The number of amides is 1. The number of carboxylic acid groups (broad SMARTS) is 1. The van der Waals surface area contributed by atoms with E-state index in [9.17, 15) is 14.7 Å². The molecular formula is C15H12N8O3. The molecule has 2 aromatic rings. The van der Waals surface area contributed by atoms with E-state index in [1.165, 1.54) is 6.07 Å². The van der Waals surface area contributed by atoms with Crippen molar-refractivity contribution in [3.63, 3.8) is 0 Å². The molecule has 11 nitrogen and oxygen atoms in total. The minimum atomic E-state index is -1.36. The number of aromatic nitrogens is 2. The van der Waals surface area contributed by atoms with Crippen LogP contribution in [0.2, 0.25) is 0 Å². The second kappa shape index (κ2) is 6.94. The molecular weight excluding hydrogens is 340 g/mol. The maximum atomic E-state index is 12.4. The number of carboxylic acids is 1. The van der Waals surface area contributed by atoms with E-state index < -0.39 is 11.9 Å². The molecule has 130 valence electrons. The van der Waals surface area contributed by atoms with Crippen LogP contribution < -0.4 is 28.2 Å². The van der Waals surface area contributed by atoms with Gasteiger partial charge in [-0.25, -0.2) is 4.79 Å². The molecule has 11 heteroatoms. The number of nitrogen functional groups attached to an aromatic ring is 2. The highest BCUT2D eigenvalue weighted by Gasteiger charge is 2.18. The van der Waals surface area contributed by atoms with Gasteiger partial charge in [0, 0.05) is 5.56 Å². The number of hydrogen-bond donors (Lipinski definition) is 5. The fraction of sp³-hybridized carbons (Fsp3) is 0. The number of anilines is 2. The monoisotopic (exact) mass is 352 g/mol. The average Bonchev–Trinajstić information content (AvgIpc) is 2.60. The Morgan fingerprint density at radius 2 is 2.04 bits per heavy atom. The van der Waals surface area contributed by atoms with Gasteiger partial charge < -0.3 is 27.8 Å². The molecule has 0 saturated heterocycles. The van der Waals surface area contributed by atoms with E-state index in [0.29, 0.717) is 4.79 Å². The van der Waals surface area contributed by atoms with E-state index in [1.54, 1.807) is 6.07 Å². The maximum Gasteiger partial charge on any atom is 0.337 e. The summed E-state index contributed by atoms with van der Waals surface area (Å²) in [4.78, 5) is 24.5. The van der Waals surface area contributed by atoms with Crippen LogP contribution in [0.4, 0.5) is 11.4 Å². The first kappa shape index (κ1) is 17.8. The van der Waals surface area contributed by atoms with Crippen LogP contribution in [0.1, 0.15) is 32.0 Å². The summed E-state index contributed by atoms with van der Waals surface area (Å²) in [5.41, 5.74) is 5.04. The van der Waals surface area contributed by atoms with Gasteiger partial charge in [-0.05, 0) is 18.2 Å². The molecule has 8 N–H and O–H groups in total. The third-order valence-corrected chi connectivity index (χ3v) is 3.25. The predicted octanol–water partition coefficient (Wildman–Crippen LogP) is -1.24. The highest BCUT2D eigenvalue weighted by atomic mass is 16.4. The van der Waals surface area contributed by atoms with Gasteiger partial charge in [0.15, 0.2) is 5.69 Å². The zero-order valence-corrected chi connectivity index (χ0v) is 13.1. The number of nitrogens with one attached hydrogen (secondary N) is 1. The van der Waals surface area contributed by atoms with Crippen molar-refractivity contribution in [2.45, 2.75) is 0 Å². The van der Waals surface area contributed by atoms with Crippen LogP contribution in [-0.2, 0) is 0 Å². The predicted molar refractivity (Wildman–Crippen MR) is 90.5 cm³/mol. The number of rotatable bonds is 3. The fourth-order valence-corrected chi connectivity index (χ4v) is 2.06. The summed E-state index contributed by atoms with van der Waals surface area (Å²) in [5.74, 6) is 10.7. The molecule has 26 heavy (non-hydrogen) atoms. The number of benzene rings is 1. The molecule has 1 heterocycles. The first-order chi connectivity index (χ1) is 12.3. The molecule has 0 saturated carbocycles. The number of carbonyl (C=O) groups excluding carboxylic acids is 1. The van der Waals surface area contributed by atoms with Crippen molar-refractivity contribution in [3.8, 4) is 18.4 Å². The van der Waals surface area contributed by atoms with Gasteiger partial charge >= 0.3 is 5.97 Å². The normalized spacial score (nSPS) is 10.6. The molecule has 0 radical (unpaired) electrons. The number of nitrogens with zero attached hydrogens (tertiary/aromatic N) is 4. The number of nitrogens with two attached hydrogens (primary N) is 3. The zero-order chi connectivity index (χ0) is 19.4. The molecule has 1 amide bonds. The molecule has 0 atom stereocenters. The summed E-state index contributed by atoms with van der Waals surface area (Å²) < 4.78 is 0. The number of hydrogen-bond acceptors (Lipinski definition) is 8. The van der Waals surface area contributed by atoms with Crippen LogP contribution >= 0.6 is 0 Å². The van der Waals surface area contributed by atoms with E-state index >= 15 is 0 Å². The summed E-state index contributed by atoms with van der Waals surface area (Å²) in [6.07, 6.45) is 5.30. The zero-order valence-electron chi connectivity index (χ0n) is 13.1. The van der Waals surface area contributed by atoms with Crippen LogP contribution in [0.3, 0.4) is 0 Å². The molecule has 0 fully saturated rings. The molecule has 0 aliphatic carbocycles. The first-order valence-electron chi connectivity index (χ1n) is 6.80. The van der Waals surface area contributed by atoms with Crippen LogP contribution in [0.25, 0.3) is 0 Å². The standard InChI is InChI=1S/C15H12N8O3/c1-2-7-4-11(9(15(25)26)3-8(7)6-16)20-14(24)12-5-10(17)13(21-18)23(19)22-12/h1,3-5H,17-19H2,(H,20,24)(H,25,26)/b21-13-. The molecule has 2 rings (SSSR count). The van der Waals surface area contributed by atoms with Crippen molar-refractivity contribution in [1.82, 2.24) is 9.89 Å². The lowest BCUT2D eigenvalue weighted by Gasteiger charge is -2.11. The Balaban J connectivity index is 2.52. The van der Waals surface area contributed by atoms with Gasteiger partial charge in [-0.1, -0.05) is 5.92 Å². The first-order valence-corrected chi connectivity index (χ1v) is 6.80. The van der Waals surface area contributed by atoms with Crippen molar-refractivity contribution in [2.24, 2.45) is 10.9 Å². The lowest BCUT2D eigenvalue weighted by Crippen LogP contribution is -2.35. The van der Waals surface area contributed by atoms with Crippen molar-refractivity contribution < 1.29 is 14.7 Å². The summed E-state index contributed by atoms with van der Waals surface area (Å²) in [7, 11) is 0. The number of carbonyl (C=O) groups is 2. The Bertz CT molecular complexity index is 1050. The number of terminal acetylenes is 1. The fourth-order valence-electron chi connectivity index (χ4n) is 2.06. The lowest BCUT2D eigenvalue weighted by molar-refractivity contribution is 0.0698. The molecule has 0 unspecified atom stereocenters. The van der Waals surface area contributed by atoms with E-state index in [1.807, 2.05) is 0 Å². The minimum Gasteiger partial charge on any atom is -0.478 e. The Kier molecular flexibility index (Phi) is 4.76. The quantitative estimate of drug-likeness (QED) is 0.256. The van der Waals surface area contributed by atoms with Gasteiger partial charge in [-0.2, -0.15) is 15.2 Å². The van der Waals surface area contributed by atoms with Crippen molar-refractivity contribution >= 4 is 23.3 Å². The molecule has 0 aliphatic rings. The molecule has 0 bridgehead atoms. The van der Waals surface area contributed by atoms with E-state index in [2.05, 4.69) is 21.4 Å². The average molecular weight is 352 g/mol. The van der Waals surface area contributed by atoms with E-state index in [0.717, 1.165) is 12.1 Å². The van der Waals surface area contributed by atoms with Gasteiger partial charge in [0.1, 0.15) is 6.07 Å². The smallest absolute Gasteiger partial charge is 0.337 e. The molecule has 0 aliphatic heterocycles. The second-order valence-electron chi connectivity index (χ2n) is 4.84. The van der Waals surface area contributed by atoms with Crippen molar-refractivity contribution in [3.05, 3.63) is 46.1 Å². The Labute approximate surface area is 146 Å². The lowest BCUT2D eigenvalue weighted by atomic mass is 10.0. The van der Waals surface area contributed by atoms with Crippen LogP contribution in [0, 0.1) is 23.7 Å². The highest BCUT2D eigenvalue weighted by Crippen LogP contribution is 2.22. The van der Waals surface area contributed by atoms with Crippen LogP contribution in [-0.4, -0.2) is 26.9 Å². The second-order valence-corrected chi connectivity index (χ2v) is 4.84. The van der Waals surface area contributed by atoms with Crippen LogP contribution in [0.5, 0.6) is 0 Å². The summed E-state index contributed by atoms with van der Waals surface area (Å²) in [5, 5.41) is 27.7. The highest BCUT2D eigenvalue weighted by molar-refractivity contribution is 6.07. The molecule has 1 aromatic heterocycles. The van der Waals surface area contributed by atoms with Crippen LogP contribution in [0.15, 0.2) is 23.3 Å². The summed E-state index contributed by atoms with van der Waals surface area (Å²) >= 11 is 0. The molecule has 1 aromatic carbocycles. The van der Waals surface area contributed by atoms with Gasteiger partial charge in [0.2, 0.25) is 5.49 Å². The Morgan fingerprint density at radius 1 is 1.35 bits per heavy atom. The Morgan fingerprint density at radius 3 is 2.54 bits per heavy atom. The minimum absolute atomic E-state index is 0.0148. The SMILES string of the molecule is C#Cc1cc(NC(=O)c2cc(N)/c(=N/N)n(N)n2)c(C(=O)O)cc1C#N. The Hall–Kier alpha value is -4.51. The van der Waals surface area contributed by atoms with Gasteiger partial charge in [-0.15, -0.1) is 11.5 Å². The van der Waals surface area contributed by atoms with E-state index in [4.69, 9.17) is 29.1 Å². The number of aromatic carboxylic acids is 1. The van der Waals surface area contributed by atoms with Gasteiger partial charge in [0.05, 0.1) is 22.5 Å². The maximum absolute atomic E-state index is 12.4. The third-order valence-electron chi connectivity index (χ3n) is 3.25. The topological polar surface area (TPSA) is 198 Å². The van der Waals surface area contributed by atoms with Crippen molar-refractivity contribution in [2.75, 3.05) is 16.9 Å². The summed E-state index contributed by atoms with van der Waals surface area (Å²) in [6, 6.07) is 5.22. The van der Waals surface area contributed by atoms with Gasteiger partial charge in [0.25, 0.3) is 5.91 Å². The van der Waals surface area contributed by atoms with Crippen molar-refractivity contribution in [1.29, 1.82) is 5.26 Å². The van der Waals surface area contributed by atoms with Gasteiger partial charge in [-0.3, -0.25) is 4.79 Å². The largest absolute Gasteiger partial charge is 0.478 e. The molecule has 0 spiro atoms. The van der Waals surface area contributed by atoms with E-state index in [-0.39, 0.29) is 39.2 Å². The third kappa shape index (κ3) is 3.22. The number of nitriles is 1.